The van der Waals surface area contributed by atoms with Gasteiger partial charge in [0.15, 0.2) is 0 Å². The summed E-state index contributed by atoms with van der Waals surface area (Å²) in [5, 5.41) is 2.71. The maximum absolute atomic E-state index is 11.1. The molecule has 0 bridgehead atoms. The second kappa shape index (κ2) is 2.81. The molecule has 0 unspecified atom stereocenters. The standard InChI is InChI=1S/C8H8N3O/c12-8-10-4-5-11(8)7-2-1-3-9-6-7/h1-3H,4-5H2,(H,10,12). The Bertz CT molecular complexity index is 286. The number of rotatable bonds is 1. The number of aromatic nitrogens is 1. The zero-order valence-corrected chi connectivity index (χ0v) is 6.45. The Morgan fingerprint density at radius 2 is 2.58 bits per heavy atom. The summed E-state index contributed by atoms with van der Waals surface area (Å²) in [6.45, 7) is 1.39. The molecule has 1 aliphatic heterocycles. The van der Waals surface area contributed by atoms with Crippen LogP contribution in [0.15, 0.2) is 18.3 Å². The molecule has 1 saturated heterocycles. The first-order valence-corrected chi connectivity index (χ1v) is 3.76. The third-order valence-electron chi connectivity index (χ3n) is 1.74. The average molecular weight is 162 g/mol. The molecule has 2 heterocycles. The number of carbonyl (C=O) groups excluding carboxylic acids is 1. The van der Waals surface area contributed by atoms with Crippen LogP contribution in [0.25, 0.3) is 0 Å². The molecule has 0 spiro atoms. The van der Waals surface area contributed by atoms with E-state index in [4.69, 9.17) is 0 Å². The molecule has 1 aromatic heterocycles. The lowest BCUT2D eigenvalue weighted by Crippen LogP contribution is -2.27. The molecule has 0 saturated carbocycles. The number of amides is 2. The molecule has 1 aromatic rings. The highest BCUT2D eigenvalue weighted by molar-refractivity contribution is 5.93. The van der Waals surface area contributed by atoms with E-state index in [-0.39, 0.29) is 6.03 Å². The highest BCUT2D eigenvalue weighted by Crippen LogP contribution is 2.12. The summed E-state index contributed by atoms with van der Waals surface area (Å²) >= 11 is 0. The monoisotopic (exact) mass is 162 g/mol. The van der Waals surface area contributed by atoms with E-state index in [9.17, 15) is 4.79 Å². The van der Waals surface area contributed by atoms with Crippen molar-refractivity contribution in [1.29, 1.82) is 0 Å². The van der Waals surface area contributed by atoms with Gasteiger partial charge in [-0.25, -0.2) is 4.79 Å². The lowest BCUT2D eigenvalue weighted by molar-refractivity contribution is 0.252. The van der Waals surface area contributed by atoms with Crippen LogP contribution in [0.2, 0.25) is 0 Å². The molecular formula is C8H8N3O. The van der Waals surface area contributed by atoms with Crippen LogP contribution in [-0.2, 0) is 0 Å². The van der Waals surface area contributed by atoms with Crippen molar-refractivity contribution in [3.05, 3.63) is 24.5 Å². The SMILES string of the molecule is O=C1NCCN1c1[c]nccc1. The number of hydrogen-bond donors (Lipinski definition) is 1. The number of nitrogens with zero attached hydrogens (tertiary/aromatic N) is 2. The van der Waals surface area contributed by atoms with Gasteiger partial charge in [0.1, 0.15) is 6.20 Å². The Morgan fingerprint density at radius 3 is 3.17 bits per heavy atom. The van der Waals surface area contributed by atoms with Crippen LogP contribution in [0.4, 0.5) is 10.5 Å². The summed E-state index contributed by atoms with van der Waals surface area (Å²) in [6, 6.07) is 3.54. The molecule has 2 amide bonds. The number of urea groups is 1. The van der Waals surface area contributed by atoms with Crippen molar-refractivity contribution in [3.8, 4) is 0 Å². The van der Waals surface area contributed by atoms with Crippen molar-refractivity contribution < 1.29 is 4.79 Å². The fraction of sp³-hybridized carbons (Fsp3) is 0.250. The van der Waals surface area contributed by atoms with Gasteiger partial charge in [0.25, 0.3) is 0 Å². The van der Waals surface area contributed by atoms with Gasteiger partial charge in [-0.3, -0.25) is 9.88 Å². The van der Waals surface area contributed by atoms with E-state index < -0.39 is 0 Å². The third-order valence-corrected chi connectivity index (χ3v) is 1.74. The average Bonchev–Trinajstić information content (AvgIpc) is 2.53. The quantitative estimate of drug-likeness (QED) is 0.650. The Hall–Kier alpha value is -1.58. The van der Waals surface area contributed by atoms with E-state index in [2.05, 4.69) is 16.5 Å². The maximum atomic E-state index is 11.1. The molecule has 1 fully saturated rings. The van der Waals surface area contributed by atoms with Gasteiger partial charge in [-0.1, -0.05) is 0 Å². The topological polar surface area (TPSA) is 45.2 Å². The van der Waals surface area contributed by atoms with Crippen molar-refractivity contribution in [2.45, 2.75) is 0 Å². The molecule has 0 aliphatic carbocycles. The predicted molar refractivity (Wildman–Crippen MR) is 43.8 cm³/mol. The molecule has 0 atom stereocenters. The zero-order valence-electron chi connectivity index (χ0n) is 6.45. The van der Waals surface area contributed by atoms with Gasteiger partial charge in [-0.15, -0.1) is 0 Å². The summed E-state index contributed by atoms with van der Waals surface area (Å²) in [6.07, 6.45) is 4.39. The van der Waals surface area contributed by atoms with E-state index >= 15 is 0 Å². The number of pyridine rings is 1. The van der Waals surface area contributed by atoms with Crippen LogP contribution >= 0.6 is 0 Å². The zero-order chi connectivity index (χ0) is 8.39. The van der Waals surface area contributed by atoms with Crippen LogP contribution < -0.4 is 10.2 Å². The van der Waals surface area contributed by atoms with Crippen molar-refractivity contribution >= 4 is 11.7 Å². The van der Waals surface area contributed by atoms with Gasteiger partial charge in [0.05, 0.1) is 5.69 Å². The van der Waals surface area contributed by atoms with Crippen LogP contribution in [0.5, 0.6) is 0 Å². The van der Waals surface area contributed by atoms with Gasteiger partial charge in [0.2, 0.25) is 0 Å². The molecular weight excluding hydrogens is 154 g/mol. The fourth-order valence-corrected chi connectivity index (χ4v) is 1.17. The molecule has 1 radical (unpaired) electrons. The van der Waals surface area contributed by atoms with Gasteiger partial charge >= 0.3 is 6.03 Å². The van der Waals surface area contributed by atoms with Gasteiger partial charge in [-0.2, -0.15) is 0 Å². The van der Waals surface area contributed by atoms with E-state index in [1.165, 1.54) is 0 Å². The molecule has 12 heavy (non-hydrogen) atoms. The fourth-order valence-electron chi connectivity index (χ4n) is 1.17. The van der Waals surface area contributed by atoms with Crippen LogP contribution in [0, 0.1) is 6.20 Å². The lowest BCUT2D eigenvalue weighted by Gasteiger charge is -2.11. The third kappa shape index (κ3) is 1.11. The lowest BCUT2D eigenvalue weighted by atomic mass is 10.4. The first-order chi connectivity index (χ1) is 5.88. The molecule has 2 rings (SSSR count). The van der Waals surface area contributed by atoms with E-state index in [0.29, 0.717) is 13.1 Å². The second-order valence-corrected chi connectivity index (χ2v) is 2.52. The smallest absolute Gasteiger partial charge is 0.322 e. The first kappa shape index (κ1) is 7.09. The highest BCUT2D eigenvalue weighted by atomic mass is 16.2. The molecule has 1 N–H and O–H groups in total. The van der Waals surface area contributed by atoms with E-state index in [1.54, 1.807) is 17.2 Å². The normalized spacial score (nSPS) is 16.3. The minimum Gasteiger partial charge on any atom is -0.336 e. The van der Waals surface area contributed by atoms with Crippen molar-refractivity contribution in [3.63, 3.8) is 0 Å². The summed E-state index contributed by atoms with van der Waals surface area (Å²) in [7, 11) is 0. The Kier molecular flexibility index (Phi) is 1.66. The Morgan fingerprint density at radius 1 is 1.67 bits per heavy atom. The van der Waals surface area contributed by atoms with Gasteiger partial charge in [0, 0.05) is 19.3 Å². The van der Waals surface area contributed by atoms with Crippen molar-refractivity contribution in [2.75, 3.05) is 18.0 Å². The molecule has 4 nitrogen and oxygen atoms in total. The molecule has 4 heteroatoms. The largest absolute Gasteiger partial charge is 0.336 e. The summed E-state index contributed by atoms with van der Waals surface area (Å²) < 4.78 is 0. The van der Waals surface area contributed by atoms with E-state index in [0.717, 1.165) is 5.69 Å². The number of nitrogens with one attached hydrogen (secondary N) is 1. The summed E-state index contributed by atoms with van der Waals surface area (Å²) in [4.78, 5) is 16.6. The maximum Gasteiger partial charge on any atom is 0.322 e. The predicted octanol–water partition coefficient (Wildman–Crippen LogP) is 0.411. The minimum atomic E-state index is -0.0701. The minimum absolute atomic E-state index is 0.0701. The van der Waals surface area contributed by atoms with Crippen LogP contribution in [-0.4, -0.2) is 24.1 Å². The summed E-state index contributed by atoms with van der Waals surface area (Å²) in [5.74, 6) is 0. The Balaban J connectivity index is 2.25. The van der Waals surface area contributed by atoms with Gasteiger partial charge in [-0.05, 0) is 12.1 Å². The number of anilines is 1. The van der Waals surface area contributed by atoms with E-state index in [1.807, 2.05) is 6.07 Å². The first-order valence-electron chi connectivity index (χ1n) is 3.76. The molecule has 0 aromatic carbocycles. The highest BCUT2D eigenvalue weighted by Gasteiger charge is 2.20. The second-order valence-electron chi connectivity index (χ2n) is 2.52. The molecule has 61 valence electrons. The number of hydrogen-bond acceptors (Lipinski definition) is 2. The van der Waals surface area contributed by atoms with Crippen molar-refractivity contribution in [1.82, 2.24) is 10.3 Å². The number of carbonyl (C=O) groups is 1. The Labute approximate surface area is 70.2 Å². The van der Waals surface area contributed by atoms with Crippen molar-refractivity contribution in [2.24, 2.45) is 0 Å². The summed E-state index contributed by atoms with van der Waals surface area (Å²) in [5.41, 5.74) is 0.729. The molecule has 1 aliphatic rings. The van der Waals surface area contributed by atoms with Crippen LogP contribution in [0.3, 0.4) is 0 Å². The van der Waals surface area contributed by atoms with Crippen LogP contribution in [0.1, 0.15) is 0 Å². The van der Waals surface area contributed by atoms with Gasteiger partial charge < -0.3 is 5.32 Å².